The lowest BCUT2D eigenvalue weighted by atomic mass is 10.1. The third kappa shape index (κ3) is 3.42. The first-order chi connectivity index (χ1) is 10.1. The quantitative estimate of drug-likeness (QED) is 0.915. The van der Waals surface area contributed by atoms with Crippen LogP contribution in [0.25, 0.3) is 0 Å². The second-order valence-corrected chi connectivity index (χ2v) is 5.83. The van der Waals surface area contributed by atoms with E-state index in [9.17, 15) is 8.42 Å². The number of nitrogens with one attached hydrogen (secondary N) is 1. The molecule has 0 saturated carbocycles. The van der Waals surface area contributed by atoms with Crippen molar-refractivity contribution in [1.29, 1.82) is 10.5 Å². The van der Waals surface area contributed by atoms with Gasteiger partial charge in [0.05, 0.1) is 11.6 Å². The van der Waals surface area contributed by atoms with Crippen molar-refractivity contribution in [2.24, 2.45) is 0 Å². The van der Waals surface area contributed by atoms with E-state index in [0.717, 1.165) is 0 Å². The average Bonchev–Trinajstić information content (AvgIpc) is 2.53. The van der Waals surface area contributed by atoms with E-state index in [0.29, 0.717) is 11.1 Å². The van der Waals surface area contributed by atoms with Gasteiger partial charge in [-0.3, -0.25) is 0 Å². The van der Waals surface area contributed by atoms with Crippen molar-refractivity contribution >= 4 is 10.0 Å². The number of benzene rings is 1. The third-order valence-electron chi connectivity index (χ3n) is 2.72. The Hall–Kier alpha value is -2.74. The fraction of sp³-hybridized carbons (Fsp3) is 0.0714. The molecule has 1 aromatic carbocycles. The van der Waals surface area contributed by atoms with Gasteiger partial charge in [-0.1, -0.05) is 12.1 Å². The van der Waals surface area contributed by atoms with Gasteiger partial charge in [0.25, 0.3) is 0 Å². The van der Waals surface area contributed by atoms with Crippen LogP contribution >= 0.6 is 0 Å². The van der Waals surface area contributed by atoms with Gasteiger partial charge in [0.15, 0.2) is 5.69 Å². The van der Waals surface area contributed by atoms with E-state index in [1.165, 1.54) is 18.3 Å². The Kier molecular flexibility index (Phi) is 4.29. The lowest BCUT2D eigenvalue weighted by Crippen LogP contribution is -2.24. The van der Waals surface area contributed by atoms with E-state index in [2.05, 4.69) is 9.71 Å². The zero-order valence-electron chi connectivity index (χ0n) is 10.8. The zero-order chi connectivity index (χ0) is 15.3. The minimum absolute atomic E-state index is 0.0633. The smallest absolute Gasteiger partial charge is 0.243 e. The Morgan fingerprint density at radius 2 is 1.81 bits per heavy atom. The van der Waals surface area contributed by atoms with Crippen molar-refractivity contribution < 1.29 is 8.42 Å². The molecular formula is C14H10N4O2S. The fourth-order valence-corrected chi connectivity index (χ4v) is 2.77. The maximum Gasteiger partial charge on any atom is 0.243 e. The van der Waals surface area contributed by atoms with Crippen molar-refractivity contribution in [3.63, 3.8) is 0 Å². The molecule has 0 radical (unpaired) electrons. The second-order valence-electron chi connectivity index (χ2n) is 4.10. The van der Waals surface area contributed by atoms with Crippen LogP contribution in [0.4, 0.5) is 0 Å². The number of rotatable bonds is 4. The Morgan fingerprint density at radius 3 is 2.43 bits per heavy atom. The van der Waals surface area contributed by atoms with Gasteiger partial charge < -0.3 is 0 Å². The van der Waals surface area contributed by atoms with Gasteiger partial charge in [-0.15, -0.1) is 0 Å². The molecule has 0 atom stereocenters. The normalized spacial score (nSPS) is 10.6. The molecule has 21 heavy (non-hydrogen) atoms. The molecular weight excluding hydrogens is 288 g/mol. The largest absolute Gasteiger partial charge is 0.244 e. The van der Waals surface area contributed by atoms with Crippen molar-refractivity contribution in [3.05, 3.63) is 59.4 Å². The predicted molar refractivity (Wildman–Crippen MR) is 74.1 cm³/mol. The maximum atomic E-state index is 12.2. The predicted octanol–water partition coefficient (Wildman–Crippen LogP) is 1.30. The molecule has 6 nitrogen and oxygen atoms in total. The molecule has 1 aromatic heterocycles. The highest BCUT2D eigenvalue weighted by Gasteiger charge is 2.18. The van der Waals surface area contributed by atoms with Gasteiger partial charge in [-0.2, -0.15) is 10.5 Å². The first kappa shape index (κ1) is 14.7. The lowest BCUT2D eigenvalue weighted by Gasteiger charge is -2.07. The Balaban J connectivity index is 2.18. The first-order valence-corrected chi connectivity index (χ1v) is 7.39. The van der Waals surface area contributed by atoms with Crippen LogP contribution in [-0.4, -0.2) is 13.4 Å². The van der Waals surface area contributed by atoms with Gasteiger partial charge in [0, 0.05) is 12.7 Å². The van der Waals surface area contributed by atoms with E-state index in [1.54, 1.807) is 30.3 Å². The molecule has 0 aliphatic heterocycles. The summed E-state index contributed by atoms with van der Waals surface area (Å²) in [5.74, 6) is 0. The summed E-state index contributed by atoms with van der Waals surface area (Å²) in [5, 5.41) is 17.6. The molecule has 0 fully saturated rings. The highest BCUT2D eigenvalue weighted by molar-refractivity contribution is 7.89. The summed E-state index contributed by atoms with van der Waals surface area (Å²) in [6.07, 6.45) is 1.36. The number of aromatic nitrogens is 1. The van der Waals surface area contributed by atoms with Crippen LogP contribution in [0.1, 0.15) is 16.8 Å². The van der Waals surface area contributed by atoms with E-state index < -0.39 is 10.0 Å². The summed E-state index contributed by atoms with van der Waals surface area (Å²) >= 11 is 0. The molecule has 0 aliphatic carbocycles. The molecule has 7 heteroatoms. The van der Waals surface area contributed by atoms with Gasteiger partial charge in [0.2, 0.25) is 10.0 Å². The minimum Gasteiger partial charge on any atom is -0.244 e. The Bertz CT molecular complexity index is 831. The fourth-order valence-electron chi connectivity index (χ4n) is 1.64. The number of nitriles is 2. The first-order valence-electron chi connectivity index (χ1n) is 5.90. The van der Waals surface area contributed by atoms with Crippen LogP contribution in [0, 0.1) is 22.7 Å². The van der Waals surface area contributed by atoms with Crippen LogP contribution in [0.2, 0.25) is 0 Å². The zero-order valence-corrected chi connectivity index (χ0v) is 11.6. The standard InChI is InChI=1S/C14H10N4O2S/c15-8-11-3-5-12(6-4-11)10-18-21(19,20)14-2-1-7-17-13(14)9-16/h1-7,18H,10H2. The van der Waals surface area contributed by atoms with Crippen LogP contribution < -0.4 is 4.72 Å². The van der Waals surface area contributed by atoms with Crippen LogP contribution in [0.3, 0.4) is 0 Å². The highest BCUT2D eigenvalue weighted by atomic mass is 32.2. The molecule has 0 saturated heterocycles. The summed E-state index contributed by atoms with van der Waals surface area (Å²) in [5.41, 5.74) is 1.06. The van der Waals surface area contributed by atoms with Crippen LogP contribution in [0.15, 0.2) is 47.5 Å². The summed E-state index contributed by atoms with van der Waals surface area (Å²) in [4.78, 5) is 3.57. The second kappa shape index (κ2) is 6.14. The third-order valence-corrected chi connectivity index (χ3v) is 4.15. The van der Waals surface area contributed by atoms with Crippen molar-refractivity contribution in [1.82, 2.24) is 9.71 Å². The van der Waals surface area contributed by atoms with Crippen molar-refractivity contribution in [3.8, 4) is 12.1 Å². The molecule has 0 aliphatic rings. The number of hydrogen-bond acceptors (Lipinski definition) is 5. The lowest BCUT2D eigenvalue weighted by molar-refractivity contribution is 0.580. The summed E-state index contributed by atoms with van der Waals surface area (Å²) in [6.45, 7) is 0.0633. The van der Waals surface area contributed by atoms with Crippen LogP contribution in [0.5, 0.6) is 0 Å². The highest BCUT2D eigenvalue weighted by Crippen LogP contribution is 2.12. The summed E-state index contributed by atoms with van der Waals surface area (Å²) in [6, 6.07) is 13.1. The monoisotopic (exact) mass is 298 g/mol. The average molecular weight is 298 g/mol. The SMILES string of the molecule is N#Cc1ccc(CNS(=O)(=O)c2cccnc2C#N)cc1. The molecule has 2 aromatic rings. The summed E-state index contributed by atoms with van der Waals surface area (Å²) < 4.78 is 26.7. The number of pyridine rings is 1. The number of nitrogens with zero attached hydrogens (tertiary/aromatic N) is 3. The summed E-state index contributed by atoms with van der Waals surface area (Å²) in [7, 11) is -3.82. The Labute approximate surface area is 122 Å². The molecule has 1 N–H and O–H groups in total. The number of sulfonamides is 1. The van der Waals surface area contributed by atoms with E-state index in [-0.39, 0.29) is 17.1 Å². The molecule has 2 rings (SSSR count). The van der Waals surface area contributed by atoms with Crippen molar-refractivity contribution in [2.75, 3.05) is 0 Å². The molecule has 104 valence electrons. The maximum absolute atomic E-state index is 12.2. The van der Waals surface area contributed by atoms with Crippen LogP contribution in [-0.2, 0) is 16.6 Å². The molecule has 0 amide bonds. The van der Waals surface area contributed by atoms with E-state index in [4.69, 9.17) is 10.5 Å². The minimum atomic E-state index is -3.82. The van der Waals surface area contributed by atoms with Gasteiger partial charge >= 0.3 is 0 Å². The Morgan fingerprint density at radius 1 is 1.10 bits per heavy atom. The number of hydrogen-bond donors (Lipinski definition) is 1. The molecule has 0 unspecified atom stereocenters. The molecule has 0 spiro atoms. The van der Waals surface area contributed by atoms with Gasteiger partial charge in [-0.25, -0.2) is 18.1 Å². The molecule has 0 bridgehead atoms. The van der Waals surface area contributed by atoms with E-state index in [1.807, 2.05) is 6.07 Å². The molecule has 1 heterocycles. The van der Waals surface area contributed by atoms with Crippen molar-refractivity contribution in [2.45, 2.75) is 11.4 Å². The van der Waals surface area contributed by atoms with Gasteiger partial charge in [0.1, 0.15) is 11.0 Å². The van der Waals surface area contributed by atoms with Gasteiger partial charge in [-0.05, 0) is 29.8 Å². The topological polar surface area (TPSA) is 107 Å². The van der Waals surface area contributed by atoms with E-state index >= 15 is 0 Å².